The standard InChI is InChI=1S/C13H15BrN2OS.C4H4O4/c1-15-7-6-13(12-8-18-9-16-12)17-11-4-2-10(14)3-5-11;5-3(6)1-2-4(7)8/h2-5,8-9,13,15H,6-7H2,1H3;1-2H,(H,5,6)(H,7,8). The van der Waals surface area contributed by atoms with E-state index < -0.39 is 11.9 Å². The molecule has 1 aromatic carbocycles. The number of hydrogen-bond donors (Lipinski definition) is 3. The van der Waals surface area contributed by atoms with Gasteiger partial charge in [0, 0.05) is 28.4 Å². The second kappa shape index (κ2) is 12.2. The van der Waals surface area contributed by atoms with Gasteiger partial charge in [0.05, 0.1) is 11.2 Å². The van der Waals surface area contributed by atoms with Crippen molar-refractivity contribution in [3.05, 3.63) is 57.5 Å². The smallest absolute Gasteiger partial charge is 0.328 e. The summed E-state index contributed by atoms with van der Waals surface area (Å²) in [5.41, 5.74) is 2.84. The summed E-state index contributed by atoms with van der Waals surface area (Å²) in [4.78, 5) is 23.4. The summed E-state index contributed by atoms with van der Waals surface area (Å²) in [5.74, 6) is -1.65. The van der Waals surface area contributed by atoms with E-state index in [9.17, 15) is 9.59 Å². The largest absolute Gasteiger partial charge is 0.484 e. The molecule has 0 bridgehead atoms. The first-order valence-electron chi connectivity index (χ1n) is 7.51. The summed E-state index contributed by atoms with van der Waals surface area (Å²) in [7, 11) is 1.94. The summed E-state index contributed by atoms with van der Waals surface area (Å²) < 4.78 is 7.05. The molecule has 1 heterocycles. The lowest BCUT2D eigenvalue weighted by molar-refractivity contribution is -0.134. The molecule has 0 fully saturated rings. The number of thiazole rings is 1. The lowest BCUT2D eigenvalue weighted by Gasteiger charge is -2.17. The number of ether oxygens (including phenoxy) is 1. The van der Waals surface area contributed by atoms with Gasteiger partial charge in [0.15, 0.2) is 0 Å². The first-order valence-corrected chi connectivity index (χ1v) is 9.24. The van der Waals surface area contributed by atoms with Crippen LogP contribution in [0, 0.1) is 0 Å². The fraction of sp³-hybridized carbons (Fsp3) is 0.235. The number of aromatic nitrogens is 1. The van der Waals surface area contributed by atoms with E-state index in [-0.39, 0.29) is 6.10 Å². The molecule has 1 aromatic heterocycles. The highest BCUT2D eigenvalue weighted by Gasteiger charge is 2.15. The fourth-order valence-corrected chi connectivity index (χ4v) is 2.60. The Morgan fingerprint density at radius 1 is 1.27 bits per heavy atom. The van der Waals surface area contributed by atoms with E-state index in [0.29, 0.717) is 12.2 Å². The molecule has 0 aliphatic carbocycles. The minimum absolute atomic E-state index is 0.00451. The minimum atomic E-state index is -1.26. The third-order valence-electron chi connectivity index (χ3n) is 2.90. The molecule has 1 atom stereocenters. The van der Waals surface area contributed by atoms with Crippen molar-refractivity contribution >= 4 is 39.2 Å². The van der Waals surface area contributed by atoms with Gasteiger partial charge in [-0.1, -0.05) is 15.9 Å². The van der Waals surface area contributed by atoms with Gasteiger partial charge < -0.3 is 20.3 Å². The van der Waals surface area contributed by atoms with Gasteiger partial charge in [0.1, 0.15) is 11.9 Å². The second-order valence-electron chi connectivity index (χ2n) is 4.88. The zero-order valence-corrected chi connectivity index (χ0v) is 16.4. The summed E-state index contributed by atoms with van der Waals surface area (Å²) in [6, 6.07) is 7.88. The number of nitrogens with one attached hydrogen (secondary N) is 1. The van der Waals surface area contributed by atoms with E-state index >= 15 is 0 Å². The highest BCUT2D eigenvalue weighted by atomic mass is 79.9. The molecule has 0 aliphatic heterocycles. The van der Waals surface area contributed by atoms with Crippen LogP contribution in [0.25, 0.3) is 0 Å². The zero-order valence-electron chi connectivity index (χ0n) is 14.0. The van der Waals surface area contributed by atoms with Crippen molar-refractivity contribution in [2.24, 2.45) is 0 Å². The Labute approximate surface area is 163 Å². The third-order valence-corrected chi connectivity index (χ3v) is 4.03. The van der Waals surface area contributed by atoms with Crippen molar-refractivity contribution < 1.29 is 24.5 Å². The third kappa shape index (κ3) is 9.30. The number of benzene rings is 1. The molecule has 26 heavy (non-hydrogen) atoms. The minimum Gasteiger partial charge on any atom is -0.484 e. The highest BCUT2D eigenvalue weighted by molar-refractivity contribution is 9.10. The number of rotatable bonds is 8. The van der Waals surface area contributed by atoms with Crippen LogP contribution in [-0.4, -0.2) is 40.7 Å². The Bertz CT molecular complexity index is 688. The predicted octanol–water partition coefficient (Wildman–Crippen LogP) is 3.35. The summed E-state index contributed by atoms with van der Waals surface area (Å²) >= 11 is 5.01. The molecule has 9 heteroatoms. The molecule has 7 nitrogen and oxygen atoms in total. The molecule has 0 saturated carbocycles. The van der Waals surface area contributed by atoms with Gasteiger partial charge in [-0.2, -0.15) is 0 Å². The van der Waals surface area contributed by atoms with Gasteiger partial charge >= 0.3 is 11.9 Å². The van der Waals surface area contributed by atoms with E-state index in [1.165, 1.54) is 0 Å². The first kappa shape index (κ1) is 21.8. The van der Waals surface area contributed by atoms with Crippen LogP contribution in [0.3, 0.4) is 0 Å². The van der Waals surface area contributed by atoms with Crippen molar-refractivity contribution in [2.75, 3.05) is 13.6 Å². The van der Waals surface area contributed by atoms with Crippen LogP contribution < -0.4 is 10.1 Å². The number of carboxylic acids is 2. The van der Waals surface area contributed by atoms with E-state index in [1.807, 2.05) is 42.2 Å². The Balaban J connectivity index is 0.000000359. The predicted molar refractivity (Wildman–Crippen MR) is 103 cm³/mol. The highest BCUT2D eigenvalue weighted by Crippen LogP contribution is 2.25. The Morgan fingerprint density at radius 2 is 1.88 bits per heavy atom. The van der Waals surface area contributed by atoms with Crippen LogP contribution in [0.1, 0.15) is 18.2 Å². The number of hydrogen-bond acceptors (Lipinski definition) is 6. The van der Waals surface area contributed by atoms with Gasteiger partial charge in [0.25, 0.3) is 0 Å². The van der Waals surface area contributed by atoms with Crippen LogP contribution in [-0.2, 0) is 9.59 Å². The molecule has 0 radical (unpaired) electrons. The van der Waals surface area contributed by atoms with Crippen molar-refractivity contribution in [1.82, 2.24) is 10.3 Å². The van der Waals surface area contributed by atoms with Gasteiger partial charge in [0.2, 0.25) is 0 Å². The van der Waals surface area contributed by atoms with Gasteiger partial charge in [-0.3, -0.25) is 0 Å². The second-order valence-corrected chi connectivity index (χ2v) is 6.51. The molecule has 140 valence electrons. The number of nitrogens with zero attached hydrogens (tertiary/aromatic N) is 1. The lowest BCUT2D eigenvalue weighted by Crippen LogP contribution is -2.16. The summed E-state index contributed by atoms with van der Waals surface area (Å²) in [6.07, 6.45) is 2.02. The molecule has 1 unspecified atom stereocenters. The van der Waals surface area contributed by atoms with Crippen molar-refractivity contribution in [3.8, 4) is 5.75 Å². The topological polar surface area (TPSA) is 109 Å². The summed E-state index contributed by atoms with van der Waals surface area (Å²) in [5, 5.41) is 20.8. The maximum absolute atomic E-state index is 9.55. The Kier molecular flexibility index (Phi) is 10.2. The maximum atomic E-state index is 9.55. The van der Waals surface area contributed by atoms with E-state index in [1.54, 1.807) is 11.3 Å². The van der Waals surface area contributed by atoms with Crippen LogP contribution >= 0.6 is 27.3 Å². The molecule has 0 saturated heterocycles. The van der Waals surface area contributed by atoms with Crippen molar-refractivity contribution in [3.63, 3.8) is 0 Å². The lowest BCUT2D eigenvalue weighted by atomic mass is 10.2. The maximum Gasteiger partial charge on any atom is 0.328 e. The number of carboxylic acid groups (broad SMARTS) is 2. The molecular weight excluding hydrogens is 424 g/mol. The van der Waals surface area contributed by atoms with Crippen molar-refractivity contribution in [2.45, 2.75) is 12.5 Å². The van der Waals surface area contributed by atoms with E-state index in [0.717, 1.165) is 28.9 Å². The molecule has 2 aromatic rings. The van der Waals surface area contributed by atoms with E-state index in [4.69, 9.17) is 14.9 Å². The number of carbonyl (C=O) groups is 2. The SMILES string of the molecule is CNCCC(Oc1ccc(Br)cc1)c1cscn1.O=C(O)C=CC(=O)O. The van der Waals surface area contributed by atoms with Crippen LogP contribution in [0.2, 0.25) is 0 Å². The number of halogens is 1. The monoisotopic (exact) mass is 442 g/mol. The Hall–Kier alpha value is -2.23. The fourth-order valence-electron chi connectivity index (χ4n) is 1.74. The van der Waals surface area contributed by atoms with Crippen molar-refractivity contribution in [1.29, 1.82) is 0 Å². The summed E-state index contributed by atoms with van der Waals surface area (Å²) in [6.45, 7) is 0.902. The number of aliphatic carboxylic acids is 2. The van der Waals surface area contributed by atoms with Gasteiger partial charge in [-0.25, -0.2) is 14.6 Å². The molecular formula is C17H19BrN2O5S. The molecule has 0 amide bonds. The van der Waals surface area contributed by atoms with Gasteiger partial charge in [-0.15, -0.1) is 11.3 Å². The van der Waals surface area contributed by atoms with Gasteiger partial charge in [-0.05, 0) is 37.9 Å². The van der Waals surface area contributed by atoms with E-state index in [2.05, 4.69) is 26.2 Å². The average molecular weight is 443 g/mol. The molecule has 0 spiro atoms. The molecule has 3 N–H and O–H groups in total. The first-order chi connectivity index (χ1) is 12.4. The zero-order chi connectivity index (χ0) is 19.4. The normalized spacial score (nSPS) is 11.5. The van der Waals surface area contributed by atoms with Crippen LogP contribution in [0.4, 0.5) is 0 Å². The molecule has 0 aliphatic rings. The average Bonchev–Trinajstić information content (AvgIpc) is 3.13. The quantitative estimate of drug-likeness (QED) is 0.537. The Morgan fingerprint density at radius 3 is 2.35 bits per heavy atom. The van der Waals surface area contributed by atoms with Crippen LogP contribution in [0.5, 0.6) is 5.75 Å². The van der Waals surface area contributed by atoms with Crippen LogP contribution in [0.15, 0.2) is 51.8 Å². The molecule has 2 rings (SSSR count).